The summed E-state index contributed by atoms with van der Waals surface area (Å²) in [4.78, 5) is 46.6. The zero-order valence-corrected chi connectivity index (χ0v) is 35.5. The number of likely N-dealkylation sites (tertiary alicyclic amines) is 1. The van der Waals surface area contributed by atoms with E-state index in [4.69, 9.17) is 4.74 Å². The van der Waals surface area contributed by atoms with Crippen LogP contribution in [0.2, 0.25) is 0 Å². The lowest BCUT2D eigenvalue weighted by Crippen LogP contribution is -2.49. The number of hydrogen-bond donors (Lipinski definition) is 1. The Kier molecular flexibility index (Phi) is 12.4. The first kappa shape index (κ1) is 42.7. The molecule has 0 radical (unpaired) electrons. The molecule has 0 aliphatic carbocycles. The van der Waals surface area contributed by atoms with Gasteiger partial charge in [-0.3, -0.25) is 33.8 Å². The molecule has 9 rings (SSSR count). The molecule has 5 aromatic rings. The summed E-state index contributed by atoms with van der Waals surface area (Å²) in [6.07, 6.45) is 4.73. The van der Waals surface area contributed by atoms with Gasteiger partial charge in [0.25, 0.3) is 5.91 Å². The molecule has 7 heterocycles. The summed E-state index contributed by atoms with van der Waals surface area (Å²) in [6.45, 7) is 10.8. The molecule has 18 heteroatoms. The molecule has 3 aromatic heterocycles. The summed E-state index contributed by atoms with van der Waals surface area (Å²) in [5.41, 5.74) is 5.40. The van der Waals surface area contributed by atoms with Gasteiger partial charge in [0.1, 0.15) is 12.2 Å². The van der Waals surface area contributed by atoms with Gasteiger partial charge >= 0.3 is 11.9 Å². The Morgan fingerprint density at radius 2 is 1.63 bits per heavy atom. The maximum absolute atomic E-state index is 14.5. The van der Waals surface area contributed by atoms with Crippen molar-refractivity contribution in [2.45, 2.75) is 57.5 Å². The highest BCUT2D eigenvalue weighted by atomic mass is 19.4. The summed E-state index contributed by atoms with van der Waals surface area (Å²) in [5.74, 6) is 1.21. The van der Waals surface area contributed by atoms with Crippen LogP contribution in [0.5, 0.6) is 0 Å². The Balaban J connectivity index is 0.708. The second-order valence-corrected chi connectivity index (χ2v) is 17.4. The number of hydrogen-bond acceptors (Lipinski definition) is 10. The molecule has 0 bridgehead atoms. The summed E-state index contributed by atoms with van der Waals surface area (Å²) in [7, 11) is 1.84. The first-order valence-corrected chi connectivity index (χ1v) is 21.9. The Bertz CT molecular complexity index is 2480. The lowest BCUT2D eigenvalue weighted by atomic mass is 9.95. The largest absolute Gasteiger partial charge is 0.418 e. The van der Waals surface area contributed by atoms with Gasteiger partial charge < -0.3 is 19.1 Å². The second-order valence-electron chi connectivity index (χ2n) is 17.4. The van der Waals surface area contributed by atoms with Crippen molar-refractivity contribution >= 4 is 23.5 Å². The van der Waals surface area contributed by atoms with Gasteiger partial charge in [-0.2, -0.15) is 13.2 Å². The minimum absolute atomic E-state index is 0.108. The third-order valence-corrected chi connectivity index (χ3v) is 13.2. The lowest BCUT2D eigenvalue weighted by Gasteiger charge is -2.39. The zero-order valence-electron chi connectivity index (χ0n) is 35.5. The van der Waals surface area contributed by atoms with Crippen LogP contribution in [-0.4, -0.2) is 134 Å². The third kappa shape index (κ3) is 9.54. The highest BCUT2D eigenvalue weighted by Gasteiger charge is 2.35. The van der Waals surface area contributed by atoms with Crippen molar-refractivity contribution in [2.75, 3.05) is 77.0 Å². The fraction of sp³-hybridized carbons (Fsp3) is 0.489. The number of nitrogens with one attached hydrogen (secondary N) is 1. The number of piperidine rings is 2. The Morgan fingerprint density at radius 1 is 0.857 bits per heavy atom. The molecule has 63 heavy (non-hydrogen) atoms. The molecule has 0 atom stereocenters. The molecule has 2 aromatic carbocycles. The number of aromatic nitrogens is 5. The van der Waals surface area contributed by atoms with Gasteiger partial charge in [0, 0.05) is 109 Å². The van der Waals surface area contributed by atoms with E-state index in [0.717, 1.165) is 105 Å². The van der Waals surface area contributed by atoms with Gasteiger partial charge in [-0.25, -0.2) is 9.80 Å². The number of carbonyl (C=O) groups excluding carboxylic acids is 2. The molecule has 3 fully saturated rings. The number of anilines is 1. The first-order chi connectivity index (χ1) is 30.5. The highest BCUT2D eigenvalue weighted by molar-refractivity contribution is 5.99. The molecule has 15 nitrogen and oxygen atoms in total. The van der Waals surface area contributed by atoms with E-state index in [2.05, 4.69) is 41.3 Å². The third-order valence-electron chi connectivity index (χ3n) is 13.2. The molecule has 0 saturated carbocycles. The van der Waals surface area contributed by atoms with Crippen molar-refractivity contribution in [3.05, 3.63) is 111 Å². The van der Waals surface area contributed by atoms with Crippen LogP contribution in [-0.2, 0) is 42.3 Å². The Hall–Kier alpha value is -5.56. The summed E-state index contributed by atoms with van der Waals surface area (Å²) >= 11 is 0. The van der Waals surface area contributed by atoms with E-state index in [0.29, 0.717) is 68.3 Å². The van der Waals surface area contributed by atoms with E-state index in [1.807, 2.05) is 25.2 Å². The molecular weight excluding hydrogens is 816 g/mol. The summed E-state index contributed by atoms with van der Waals surface area (Å²) in [6, 6.07) is 14.3. The van der Waals surface area contributed by atoms with Gasteiger partial charge in [-0.15, -0.1) is 10.2 Å². The molecule has 4 aliphatic rings. The number of aryl methyl sites for hydroxylation is 1. The SMILES string of the molecule is Cn1cnnc1Cc1cccc(-n2cc3c(C(F)(F)F)cc(CN4CCC(OCCN5CCN(CC6CCN(c7ccc8c(c7)CN(NC=O)C8=O)CC6)CC5)CC4)cn3c2=O)c1. The van der Waals surface area contributed by atoms with Crippen LogP contribution < -0.4 is 16.0 Å². The minimum Gasteiger partial charge on any atom is -0.377 e. The molecule has 3 saturated heterocycles. The van der Waals surface area contributed by atoms with Crippen LogP contribution >= 0.6 is 0 Å². The standard InChI is InChI=1S/C45H54F3N11O4/c1-52-30-49-51-42(52)23-33-3-2-4-37(21-33)57-29-41-40(45(46,47)48)22-34(27-58(41)44(57)62)26-54-11-9-38(10-12-54)63-20-19-53-15-17-55(18-16-53)25-32-7-13-56(14-8-32)36-5-6-39-35(24-36)28-59(43(39)61)50-31-60/h2-6,21-22,24,27,29-32,38H,7-20,23,25-26,28H2,1H3,(H,50,60). The maximum atomic E-state index is 14.5. The van der Waals surface area contributed by atoms with E-state index in [9.17, 15) is 27.6 Å². The molecule has 4 aliphatic heterocycles. The van der Waals surface area contributed by atoms with E-state index >= 15 is 0 Å². The molecular formula is C45H54F3N11O4. The lowest BCUT2D eigenvalue weighted by molar-refractivity contribution is -0.136. The van der Waals surface area contributed by atoms with E-state index < -0.39 is 17.4 Å². The molecule has 0 unspecified atom stereocenters. The number of imidazole rings is 1. The average Bonchev–Trinajstić information content (AvgIpc) is 3.95. The van der Waals surface area contributed by atoms with E-state index in [1.54, 1.807) is 35.3 Å². The van der Waals surface area contributed by atoms with Crippen molar-refractivity contribution in [3.8, 4) is 5.69 Å². The van der Waals surface area contributed by atoms with Crippen molar-refractivity contribution in [1.29, 1.82) is 0 Å². The highest BCUT2D eigenvalue weighted by Crippen LogP contribution is 2.34. The average molecular weight is 870 g/mol. The van der Waals surface area contributed by atoms with Crippen molar-refractivity contribution < 1.29 is 27.5 Å². The van der Waals surface area contributed by atoms with Crippen molar-refractivity contribution in [1.82, 2.24) is 48.9 Å². The van der Waals surface area contributed by atoms with Crippen LogP contribution in [0.1, 0.15) is 64.1 Å². The van der Waals surface area contributed by atoms with E-state index in [-0.39, 0.29) is 17.5 Å². The number of benzene rings is 2. The molecule has 334 valence electrons. The number of ether oxygens (including phenoxy) is 1. The molecule has 1 N–H and O–H groups in total. The van der Waals surface area contributed by atoms with Crippen LogP contribution in [0, 0.1) is 5.92 Å². The number of rotatable bonds is 14. The zero-order chi connectivity index (χ0) is 43.7. The smallest absolute Gasteiger partial charge is 0.377 e. The van der Waals surface area contributed by atoms with Crippen molar-refractivity contribution in [2.24, 2.45) is 13.0 Å². The Labute approximate surface area is 363 Å². The number of piperazine rings is 1. The number of carbonyl (C=O) groups is 2. The van der Waals surface area contributed by atoms with Gasteiger partial charge in [0.05, 0.1) is 36.0 Å². The number of pyridine rings is 1. The van der Waals surface area contributed by atoms with Gasteiger partial charge in [0.15, 0.2) is 0 Å². The first-order valence-electron chi connectivity index (χ1n) is 21.9. The predicted octanol–water partition coefficient (Wildman–Crippen LogP) is 3.96. The molecule has 0 spiro atoms. The van der Waals surface area contributed by atoms with Crippen LogP contribution in [0.3, 0.4) is 0 Å². The number of hydrazine groups is 1. The molecule has 2 amide bonds. The van der Waals surface area contributed by atoms with E-state index in [1.165, 1.54) is 21.8 Å². The second kappa shape index (κ2) is 18.3. The van der Waals surface area contributed by atoms with Gasteiger partial charge in [-0.05, 0) is 84.7 Å². The maximum Gasteiger partial charge on any atom is 0.418 e. The fourth-order valence-corrected chi connectivity index (χ4v) is 9.66. The number of nitrogens with zero attached hydrogens (tertiary/aromatic N) is 10. The predicted molar refractivity (Wildman–Crippen MR) is 229 cm³/mol. The van der Waals surface area contributed by atoms with Crippen molar-refractivity contribution in [3.63, 3.8) is 0 Å². The quantitative estimate of drug-likeness (QED) is 0.164. The van der Waals surface area contributed by atoms with Crippen LogP contribution in [0.25, 0.3) is 11.2 Å². The van der Waals surface area contributed by atoms with Crippen LogP contribution in [0.4, 0.5) is 18.9 Å². The topological polar surface area (TPSA) is 129 Å². The number of alkyl halides is 3. The number of amides is 2. The Morgan fingerprint density at radius 3 is 2.37 bits per heavy atom. The number of halogens is 3. The number of fused-ring (bicyclic) bond motifs is 2. The van der Waals surface area contributed by atoms with Gasteiger partial charge in [-0.1, -0.05) is 12.1 Å². The normalized spacial score (nSPS) is 18.8. The van der Waals surface area contributed by atoms with Crippen LogP contribution in [0.15, 0.2) is 72.0 Å². The summed E-state index contributed by atoms with van der Waals surface area (Å²) < 4.78 is 54.0. The summed E-state index contributed by atoms with van der Waals surface area (Å²) in [5, 5.41) is 9.37. The van der Waals surface area contributed by atoms with Gasteiger partial charge in [0.2, 0.25) is 6.41 Å². The fourth-order valence-electron chi connectivity index (χ4n) is 9.66. The minimum atomic E-state index is -4.64. The monoisotopic (exact) mass is 869 g/mol.